The highest BCUT2D eigenvalue weighted by Crippen LogP contribution is 2.27. The van der Waals surface area contributed by atoms with Crippen molar-refractivity contribution in [1.82, 2.24) is 15.5 Å². The minimum Gasteiger partial charge on any atom is -0.493 e. The Labute approximate surface area is 161 Å². The van der Waals surface area contributed by atoms with Crippen LogP contribution in [-0.4, -0.2) is 36.9 Å². The first kappa shape index (κ1) is 18.9. The van der Waals surface area contributed by atoms with E-state index in [9.17, 15) is 4.79 Å². The molecule has 7 nitrogen and oxygen atoms in total. The van der Waals surface area contributed by atoms with Crippen LogP contribution in [-0.2, 0) is 17.6 Å². The zero-order valence-electron chi connectivity index (χ0n) is 15.2. The van der Waals surface area contributed by atoms with Gasteiger partial charge in [0.05, 0.1) is 19.1 Å². The maximum absolute atomic E-state index is 12.0. The summed E-state index contributed by atoms with van der Waals surface area (Å²) in [5.41, 5.74) is 1.06. The number of ether oxygens (including phenoxy) is 2. The van der Waals surface area contributed by atoms with E-state index in [-0.39, 0.29) is 5.91 Å². The fourth-order valence-corrected chi connectivity index (χ4v) is 3.19. The highest BCUT2D eigenvalue weighted by atomic mass is 32.1. The van der Waals surface area contributed by atoms with E-state index < -0.39 is 0 Å². The van der Waals surface area contributed by atoms with Gasteiger partial charge in [-0.05, 0) is 35.6 Å². The first-order valence-electron chi connectivity index (χ1n) is 8.53. The van der Waals surface area contributed by atoms with Gasteiger partial charge in [-0.1, -0.05) is 12.1 Å². The predicted molar refractivity (Wildman–Crippen MR) is 102 cm³/mol. The molecule has 1 aromatic carbocycles. The zero-order valence-corrected chi connectivity index (χ0v) is 16.0. The first-order chi connectivity index (χ1) is 13.2. The zero-order chi connectivity index (χ0) is 19.1. The van der Waals surface area contributed by atoms with Crippen LogP contribution < -0.4 is 14.8 Å². The Hall–Kier alpha value is -2.87. The summed E-state index contributed by atoms with van der Waals surface area (Å²) in [6.45, 7) is 0.540. The van der Waals surface area contributed by atoms with Gasteiger partial charge >= 0.3 is 0 Å². The number of aryl methyl sites for hydroxylation is 1. The van der Waals surface area contributed by atoms with Crippen molar-refractivity contribution in [1.29, 1.82) is 0 Å². The lowest BCUT2D eigenvalue weighted by Crippen LogP contribution is -2.25. The third kappa shape index (κ3) is 5.07. The van der Waals surface area contributed by atoms with Crippen LogP contribution in [0, 0.1) is 0 Å². The van der Waals surface area contributed by atoms with Gasteiger partial charge in [-0.2, -0.15) is 0 Å². The normalized spacial score (nSPS) is 10.6. The third-order valence-electron chi connectivity index (χ3n) is 3.95. The van der Waals surface area contributed by atoms with Crippen molar-refractivity contribution in [2.45, 2.75) is 19.3 Å². The number of rotatable bonds is 9. The van der Waals surface area contributed by atoms with E-state index in [1.165, 1.54) is 11.3 Å². The number of nitrogens with one attached hydrogen (secondary N) is 1. The fourth-order valence-electron chi connectivity index (χ4n) is 2.55. The summed E-state index contributed by atoms with van der Waals surface area (Å²) in [5.74, 6) is 2.28. The number of hydrogen-bond donors (Lipinski definition) is 1. The van der Waals surface area contributed by atoms with E-state index in [4.69, 9.17) is 13.9 Å². The maximum atomic E-state index is 12.0. The number of amides is 1. The van der Waals surface area contributed by atoms with E-state index in [0.717, 1.165) is 10.4 Å². The number of carbonyl (C=O) groups is 1. The number of hydrogen-bond acceptors (Lipinski definition) is 7. The summed E-state index contributed by atoms with van der Waals surface area (Å²) in [7, 11) is 3.20. The van der Waals surface area contributed by atoms with Crippen LogP contribution in [0.1, 0.15) is 17.9 Å². The van der Waals surface area contributed by atoms with Crippen molar-refractivity contribution < 1.29 is 18.7 Å². The van der Waals surface area contributed by atoms with E-state index in [2.05, 4.69) is 15.5 Å². The van der Waals surface area contributed by atoms with Crippen LogP contribution in [0.3, 0.4) is 0 Å². The lowest BCUT2D eigenvalue weighted by atomic mass is 10.1. The van der Waals surface area contributed by atoms with Gasteiger partial charge < -0.3 is 19.2 Å². The number of benzene rings is 1. The summed E-state index contributed by atoms with van der Waals surface area (Å²) in [6.07, 6.45) is 1.42. The topological polar surface area (TPSA) is 86.5 Å². The number of aromatic nitrogens is 2. The molecule has 0 spiro atoms. The Kier molecular flexibility index (Phi) is 6.43. The van der Waals surface area contributed by atoms with Crippen molar-refractivity contribution in [3.05, 3.63) is 47.2 Å². The van der Waals surface area contributed by atoms with Crippen molar-refractivity contribution in [2.24, 2.45) is 0 Å². The Bertz CT molecular complexity index is 877. The lowest BCUT2D eigenvalue weighted by molar-refractivity contribution is -0.121. The van der Waals surface area contributed by atoms with Crippen molar-refractivity contribution in [3.63, 3.8) is 0 Å². The molecule has 0 radical (unpaired) electrons. The summed E-state index contributed by atoms with van der Waals surface area (Å²) in [6, 6.07) is 9.57. The molecule has 3 aromatic rings. The molecule has 3 rings (SSSR count). The lowest BCUT2D eigenvalue weighted by Gasteiger charge is -2.10. The Morgan fingerprint density at radius 1 is 1.15 bits per heavy atom. The van der Waals surface area contributed by atoms with E-state index in [1.807, 2.05) is 35.7 Å². The largest absolute Gasteiger partial charge is 0.493 e. The molecule has 0 bridgehead atoms. The fraction of sp³-hybridized carbons (Fsp3) is 0.316. The van der Waals surface area contributed by atoms with E-state index in [0.29, 0.717) is 49.1 Å². The Morgan fingerprint density at radius 3 is 2.74 bits per heavy atom. The second-order valence-electron chi connectivity index (χ2n) is 5.77. The number of methoxy groups -OCH3 is 2. The van der Waals surface area contributed by atoms with Gasteiger partial charge in [-0.25, -0.2) is 0 Å². The average molecular weight is 387 g/mol. The second kappa shape index (κ2) is 9.18. The molecule has 2 aromatic heterocycles. The highest BCUT2D eigenvalue weighted by Gasteiger charge is 2.11. The summed E-state index contributed by atoms with van der Waals surface area (Å²) in [4.78, 5) is 12.9. The molecule has 8 heteroatoms. The van der Waals surface area contributed by atoms with Crippen LogP contribution in [0.15, 0.2) is 40.1 Å². The first-order valence-corrected chi connectivity index (χ1v) is 9.41. The monoisotopic (exact) mass is 387 g/mol. The molecule has 0 atom stereocenters. The van der Waals surface area contributed by atoms with Crippen LogP contribution in [0.5, 0.6) is 11.5 Å². The van der Waals surface area contributed by atoms with Gasteiger partial charge in [0, 0.05) is 19.4 Å². The average Bonchev–Trinajstić information content (AvgIpc) is 3.37. The Morgan fingerprint density at radius 2 is 2.00 bits per heavy atom. The third-order valence-corrected chi connectivity index (χ3v) is 4.81. The standard InChI is InChI=1S/C19H21N3O4S/c1-24-14-6-5-13(12-15(14)25-2)9-10-20-17(23)7-8-18-21-22-19(26-18)16-4-3-11-27-16/h3-6,11-12H,7-10H2,1-2H3,(H,20,23). The van der Waals surface area contributed by atoms with Gasteiger partial charge in [0.25, 0.3) is 5.89 Å². The minimum atomic E-state index is -0.0497. The second-order valence-corrected chi connectivity index (χ2v) is 6.72. The summed E-state index contributed by atoms with van der Waals surface area (Å²) in [5, 5.41) is 12.9. The van der Waals surface area contributed by atoms with Gasteiger partial charge in [-0.15, -0.1) is 21.5 Å². The predicted octanol–water partition coefficient (Wildman–Crippen LogP) is 3.11. The van der Waals surface area contributed by atoms with Gasteiger partial charge in [0.1, 0.15) is 0 Å². The summed E-state index contributed by atoms with van der Waals surface area (Å²) >= 11 is 1.54. The molecule has 0 fully saturated rings. The van der Waals surface area contributed by atoms with Crippen LogP contribution in [0.2, 0.25) is 0 Å². The minimum absolute atomic E-state index is 0.0497. The van der Waals surface area contributed by atoms with Crippen molar-refractivity contribution >= 4 is 17.2 Å². The highest BCUT2D eigenvalue weighted by molar-refractivity contribution is 7.13. The molecular weight excluding hydrogens is 366 g/mol. The quantitative estimate of drug-likeness (QED) is 0.607. The molecule has 0 aliphatic carbocycles. The van der Waals surface area contributed by atoms with Crippen LogP contribution in [0.4, 0.5) is 0 Å². The number of carbonyl (C=O) groups excluding carboxylic acids is 1. The molecule has 2 heterocycles. The number of thiophene rings is 1. The Balaban J connectivity index is 1.42. The van der Waals surface area contributed by atoms with E-state index >= 15 is 0 Å². The van der Waals surface area contributed by atoms with Crippen molar-refractivity contribution in [3.8, 4) is 22.3 Å². The molecule has 142 valence electrons. The molecule has 0 saturated heterocycles. The van der Waals surface area contributed by atoms with Crippen molar-refractivity contribution in [2.75, 3.05) is 20.8 Å². The molecule has 27 heavy (non-hydrogen) atoms. The molecule has 0 unspecified atom stereocenters. The molecule has 0 aliphatic heterocycles. The summed E-state index contributed by atoms with van der Waals surface area (Å²) < 4.78 is 16.1. The molecule has 1 N–H and O–H groups in total. The van der Waals surface area contributed by atoms with Crippen LogP contribution in [0.25, 0.3) is 10.8 Å². The van der Waals surface area contributed by atoms with Gasteiger partial charge in [0.15, 0.2) is 11.5 Å². The molecule has 0 saturated carbocycles. The molecular formula is C19H21N3O4S. The molecule has 1 amide bonds. The van der Waals surface area contributed by atoms with Gasteiger partial charge in [-0.3, -0.25) is 4.79 Å². The maximum Gasteiger partial charge on any atom is 0.257 e. The van der Waals surface area contributed by atoms with Gasteiger partial charge in [0.2, 0.25) is 11.8 Å². The molecule has 0 aliphatic rings. The smallest absolute Gasteiger partial charge is 0.257 e. The SMILES string of the molecule is COc1ccc(CCNC(=O)CCc2nnc(-c3cccs3)o2)cc1OC. The van der Waals surface area contributed by atoms with E-state index in [1.54, 1.807) is 14.2 Å². The van der Waals surface area contributed by atoms with Crippen LogP contribution >= 0.6 is 11.3 Å². The number of nitrogens with zero attached hydrogens (tertiary/aromatic N) is 2.